The topological polar surface area (TPSA) is 82.1 Å². The number of pyridine rings is 1. The number of hydrogen-bond donors (Lipinski definition) is 0. The van der Waals surface area contributed by atoms with E-state index in [1.807, 2.05) is 32.9 Å². The van der Waals surface area contributed by atoms with Gasteiger partial charge in [0.1, 0.15) is 5.57 Å². The maximum atomic E-state index is 13.7. The zero-order valence-corrected chi connectivity index (χ0v) is 20.3. The number of carbonyl (C=O) groups is 2. The Morgan fingerprint density at radius 3 is 2.24 bits per heavy atom. The van der Waals surface area contributed by atoms with Crippen LogP contribution in [0.15, 0.2) is 48.8 Å². The molecule has 0 aliphatic carbocycles. The summed E-state index contributed by atoms with van der Waals surface area (Å²) in [5.74, 6) is -1.29. The number of carbonyl (C=O) groups excluding carboxylic acids is 2. The van der Waals surface area contributed by atoms with Crippen LogP contribution in [0.3, 0.4) is 0 Å². The molecule has 34 heavy (non-hydrogen) atoms. The van der Waals surface area contributed by atoms with E-state index in [4.69, 9.17) is 11.6 Å². The Balaban J connectivity index is 1.97. The lowest BCUT2D eigenvalue weighted by Gasteiger charge is -2.15. The molecule has 0 fully saturated rings. The van der Waals surface area contributed by atoms with Gasteiger partial charge in [-0.1, -0.05) is 38.8 Å². The first kappa shape index (κ1) is 23.7. The fraction of sp³-hybridized carbons (Fsp3) is 0.308. The van der Waals surface area contributed by atoms with Crippen LogP contribution in [-0.4, -0.2) is 33.0 Å². The fourth-order valence-electron chi connectivity index (χ4n) is 4.16. The molecule has 1 aliphatic rings. The molecule has 0 bridgehead atoms. The van der Waals surface area contributed by atoms with Gasteiger partial charge in [0.15, 0.2) is 12.4 Å². The number of amides is 2. The second-order valence-electron chi connectivity index (χ2n) is 8.22. The van der Waals surface area contributed by atoms with Gasteiger partial charge in [-0.25, -0.2) is 4.68 Å². The molecule has 1 aliphatic heterocycles. The first-order chi connectivity index (χ1) is 16.4. The van der Waals surface area contributed by atoms with Crippen LogP contribution in [0, 0.1) is 0 Å². The van der Waals surface area contributed by atoms with E-state index in [9.17, 15) is 14.7 Å². The second kappa shape index (κ2) is 9.81. The predicted molar refractivity (Wildman–Crippen MR) is 128 cm³/mol. The van der Waals surface area contributed by atoms with Gasteiger partial charge in [0.05, 0.1) is 11.4 Å². The molecule has 8 heteroatoms. The molecule has 0 atom stereocenters. The highest BCUT2D eigenvalue weighted by atomic mass is 35.5. The summed E-state index contributed by atoms with van der Waals surface area (Å²) < 4.78 is 2.92. The fourth-order valence-corrected chi connectivity index (χ4v) is 4.29. The lowest BCUT2D eigenvalue weighted by Crippen LogP contribution is -2.39. The Bertz CT molecular complexity index is 1260. The van der Waals surface area contributed by atoms with Crippen molar-refractivity contribution in [2.75, 3.05) is 6.54 Å². The Hall–Kier alpha value is -3.45. The van der Waals surface area contributed by atoms with Gasteiger partial charge in [-0.05, 0) is 55.0 Å². The third kappa shape index (κ3) is 4.12. The van der Waals surface area contributed by atoms with Gasteiger partial charge in [0.25, 0.3) is 11.6 Å². The summed E-state index contributed by atoms with van der Waals surface area (Å²) in [6, 6.07) is 10.6. The predicted octanol–water partition coefficient (Wildman–Crippen LogP) is 3.55. The molecule has 1 aromatic carbocycles. The van der Waals surface area contributed by atoms with Crippen molar-refractivity contribution in [1.29, 1.82) is 0 Å². The summed E-state index contributed by atoms with van der Waals surface area (Å²) in [6.07, 6.45) is 6.22. The third-order valence-corrected chi connectivity index (χ3v) is 6.13. The smallest absolute Gasteiger partial charge is 0.326 e. The van der Waals surface area contributed by atoms with Crippen LogP contribution in [0.2, 0.25) is 5.02 Å². The first-order valence-corrected chi connectivity index (χ1v) is 11.9. The summed E-state index contributed by atoms with van der Waals surface area (Å²) >= 11 is 6.01. The Kier molecular flexibility index (Phi) is 6.84. The lowest BCUT2D eigenvalue weighted by atomic mass is 10.0. The first-order valence-electron chi connectivity index (χ1n) is 11.6. The van der Waals surface area contributed by atoms with E-state index in [-0.39, 0.29) is 23.4 Å². The Morgan fingerprint density at radius 2 is 1.65 bits per heavy atom. The second-order valence-corrected chi connectivity index (χ2v) is 8.65. The SMILES string of the molecule is CCCc1nn(-c2ccc(Cl)cc2)c([O-])c1C1=C([n+]2ccc(CC)cc2)C(=O)N(CCC)C1=O. The lowest BCUT2D eigenvalue weighted by molar-refractivity contribution is -0.577. The van der Waals surface area contributed by atoms with Gasteiger partial charge < -0.3 is 5.11 Å². The molecule has 2 amide bonds. The highest BCUT2D eigenvalue weighted by molar-refractivity contribution is 6.44. The summed E-state index contributed by atoms with van der Waals surface area (Å²) in [4.78, 5) is 28.2. The summed E-state index contributed by atoms with van der Waals surface area (Å²) in [5.41, 5.74) is 2.64. The van der Waals surface area contributed by atoms with Crippen molar-refractivity contribution in [3.05, 3.63) is 70.6 Å². The largest absolute Gasteiger partial charge is 0.858 e. The van der Waals surface area contributed by atoms with Crippen molar-refractivity contribution >= 4 is 34.7 Å². The minimum absolute atomic E-state index is 0.112. The molecule has 0 saturated carbocycles. The van der Waals surface area contributed by atoms with E-state index in [1.165, 1.54) is 9.58 Å². The number of benzene rings is 1. The van der Waals surface area contributed by atoms with Crippen molar-refractivity contribution in [2.45, 2.75) is 46.5 Å². The number of rotatable bonds is 8. The van der Waals surface area contributed by atoms with Gasteiger partial charge in [0.2, 0.25) is 0 Å². The molecule has 3 aromatic rings. The molecule has 0 saturated heterocycles. The summed E-state index contributed by atoms with van der Waals surface area (Å²) in [7, 11) is 0. The number of nitrogens with zero attached hydrogens (tertiary/aromatic N) is 4. The minimum Gasteiger partial charge on any atom is -0.858 e. The Morgan fingerprint density at radius 1 is 0.971 bits per heavy atom. The van der Waals surface area contributed by atoms with E-state index in [0.717, 1.165) is 18.4 Å². The molecular weight excluding hydrogens is 452 g/mol. The molecular formula is C26H27ClN4O3. The molecule has 0 N–H and O–H groups in total. The average molecular weight is 479 g/mol. The van der Waals surface area contributed by atoms with Crippen molar-refractivity contribution in [3.8, 4) is 11.6 Å². The zero-order chi connectivity index (χ0) is 24.4. The number of halogens is 1. The van der Waals surface area contributed by atoms with Gasteiger partial charge >= 0.3 is 5.91 Å². The summed E-state index contributed by atoms with van der Waals surface area (Å²) in [5, 5.41) is 18.8. The van der Waals surface area contributed by atoms with Crippen molar-refractivity contribution in [3.63, 3.8) is 0 Å². The van der Waals surface area contributed by atoms with Crippen LogP contribution >= 0.6 is 11.6 Å². The molecule has 3 heterocycles. The van der Waals surface area contributed by atoms with E-state index in [2.05, 4.69) is 5.10 Å². The number of hydrogen-bond acceptors (Lipinski definition) is 4. The van der Waals surface area contributed by atoms with Crippen molar-refractivity contribution in [2.24, 2.45) is 0 Å². The molecule has 2 aromatic heterocycles. The van der Waals surface area contributed by atoms with E-state index in [0.29, 0.717) is 29.2 Å². The van der Waals surface area contributed by atoms with Crippen LogP contribution in [0.5, 0.6) is 5.88 Å². The van der Waals surface area contributed by atoms with Gasteiger partial charge in [-0.2, -0.15) is 9.67 Å². The number of aryl methyl sites for hydroxylation is 2. The monoisotopic (exact) mass is 478 g/mol. The van der Waals surface area contributed by atoms with E-state index in [1.54, 1.807) is 41.2 Å². The highest BCUT2D eigenvalue weighted by Gasteiger charge is 2.46. The van der Waals surface area contributed by atoms with E-state index >= 15 is 0 Å². The molecule has 4 rings (SSSR count). The van der Waals surface area contributed by atoms with Crippen molar-refractivity contribution in [1.82, 2.24) is 14.7 Å². The van der Waals surface area contributed by atoms with Crippen LogP contribution in [-0.2, 0) is 22.4 Å². The molecule has 176 valence electrons. The van der Waals surface area contributed by atoms with E-state index < -0.39 is 17.7 Å². The van der Waals surface area contributed by atoms with Crippen LogP contribution in [0.4, 0.5) is 0 Å². The molecule has 0 unspecified atom stereocenters. The minimum atomic E-state index is -0.459. The summed E-state index contributed by atoms with van der Waals surface area (Å²) in [6.45, 7) is 6.21. The highest BCUT2D eigenvalue weighted by Crippen LogP contribution is 2.37. The zero-order valence-electron chi connectivity index (χ0n) is 19.5. The normalized spacial score (nSPS) is 13.9. The third-order valence-electron chi connectivity index (χ3n) is 5.88. The maximum absolute atomic E-state index is 13.7. The van der Waals surface area contributed by atoms with Crippen LogP contribution < -0.4 is 9.67 Å². The van der Waals surface area contributed by atoms with Gasteiger partial charge in [-0.15, -0.1) is 0 Å². The van der Waals surface area contributed by atoms with Crippen molar-refractivity contribution < 1.29 is 19.3 Å². The number of aromatic nitrogens is 3. The molecule has 0 radical (unpaired) electrons. The maximum Gasteiger partial charge on any atom is 0.326 e. The van der Waals surface area contributed by atoms with Gasteiger partial charge in [0, 0.05) is 29.3 Å². The van der Waals surface area contributed by atoms with Crippen LogP contribution in [0.25, 0.3) is 17.0 Å². The molecule has 0 spiro atoms. The quantitative estimate of drug-likeness (QED) is 0.366. The Labute approximate surface area is 203 Å². The van der Waals surface area contributed by atoms with Crippen LogP contribution in [0.1, 0.15) is 50.4 Å². The average Bonchev–Trinajstić information content (AvgIpc) is 3.28. The van der Waals surface area contributed by atoms with Gasteiger partial charge in [-0.3, -0.25) is 14.5 Å². The molecule has 7 nitrogen and oxygen atoms in total. The number of imide groups is 1. The standard InChI is InChI=1S/C26H27ClN4O3/c1-4-7-20-21(25(33)31(28-20)19-10-8-18(27)9-11-19)22-23(26(34)30(14-5-2)24(22)32)29-15-12-17(6-3)13-16-29/h8-13,15-16H,4-7,14H2,1-3H3.